The van der Waals surface area contributed by atoms with Gasteiger partial charge in [0.15, 0.2) is 0 Å². The van der Waals surface area contributed by atoms with Crippen LogP contribution in [-0.2, 0) is 21.3 Å². The highest BCUT2D eigenvalue weighted by Crippen LogP contribution is 2.35. The van der Waals surface area contributed by atoms with Crippen molar-refractivity contribution in [2.75, 3.05) is 11.6 Å². The predicted octanol–water partition coefficient (Wildman–Crippen LogP) is 5.61. The number of amides is 2. The molecule has 0 aromatic heterocycles. The van der Waals surface area contributed by atoms with Crippen molar-refractivity contribution in [2.24, 2.45) is 4.36 Å². The number of carbonyl (C=O) groups is 1. The monoisotopic (exact) mass is 456 g/mol. The summed E-state index contributed by atoms with van der Waals surface area (Å²) >= 11 is 6.10. The van der Waals surface area contributed by atoms with Crippen molar-refractivity contribution in [3.8, 4) is 0 Å². The van der Waals surface area contributed by atoms with Crippen LogP contribution in [0.3, 0.4) is 0 Å². The topological polar surface area (TPSA) is 92.7 Å². The van der Waals surface area contributed by atoms with Gasteiger partial charge in [0.25, 0.3) is 0 Å². The number of nitrogens with one attached hydrogen (secondary N) is 1. The molecule has 158 valence electrons. The van der Waals surface area contributed by atoms with Crippen molar-refractivity contribution in [1.82, 2.24) is 0 Å². The Hall–Kier alpha value is -2.03. The molecule has 0 aliphatic carbocycles. The molecule has 0 fully saturated rings. The first-order valence-electron chi connectivity index (χ1n) is 8.86. The first-order chi connectivity index (χ1) is 13.5. The lowest BCUT2D eigenvalue weighted by Gasteiger charge is -2.19. The Bertz CT molecular complexity index is 967. The minimum Gasteiger partial charge on any atom is -0.305 e. The van der Waals surface area contributed by atoms with E-state index in [0.29, 0.717) is 10.7 Å². The van der Waals surface area contributed by atoms with E-state index >= 15 is 0 Å². The number of urea groups is 1. The van der Waals surface area contributed by atoms with Crippen molar-refractivity contribution in [3.05, 3.63) is 58.6 Å². The zero-order valence-corrected chi connectivity index (χ0v) is 19.4. The van der Waals surface area contributed by atoms with Gasteiger partial charge in [-0.05, 0) is 47.2 Å². The Morgan fingerprint density at radius 3 is 1.79 bits per heavy atom. The molecule has 0 saturated carbocycles. The van der Waals surface area contributed by atoms with Crippen LogP contribution in [0.4, 0.5) is 10.5 Å². The van der Waals surface area contributed by atoms with E-state index in [1.165, 1.54) is 0 Å². The van der Waals surface area contributed by atoms with E-state index in [2.05, 4.69) is 9.68 Å². The molecule has 2 amide bonds. The molecule has 0 bridgehead atoms. The Morgan fingerprint density at radius 2 is 1.45 bits per heavy atom. The van der Waals surface area contributed by atoms with Gasteiger partial charge in [-0.25, -0.2) is 4.79 Å². The second-order valence-electron chi connectivity index (χ2n) is 6.77. The van der Waals surface area contributed by atoms with Crippen molar-refractivity contribution in [1.29, 1.82) is 0 Å². The molecule has 0 aliphatic rings. The molecule has 1 unspecified atom stereocenters. The molecule has 9 heteroatoms. The summed E-state index contributed by atoms with van der Waals surface area (Å²) < 4.78 is 34.6. The van der Waals surface area contributed by atoms with Gasteiger partial charge in [-0.3, -0.25) is 4.21 Å². The molecule has 2 aromatic carbocycles. The lowest BCUT2D eigenvalue weighted by Crippen LogP contribution is -2.12. The molecule has 0 aliphatic heterocycles. The van der Waals surface area contributed by atoms with Crippen molar-refractivity contribution in [2.45, 2.75) is 44.4 Å². The standard InChI is InChI=1S/C13H17ClN2O3S.C7H8OS/c1-7(2)10-5-9(14)6-11(8(3)4)12(10)15-13(17)16-20(18)19;1-9(8)7-5-3-2-4-6-7/h5-8H,1-4H3,(H,15,17);2-6H,1H3. The van der Waals surface area contributed by atoms with Gasteiger partial charge >= 0.3 is 16.5 Å². The van der Waals surface area contributed by atoms with E-state index in [-0.39, 0.29) is 11.8 Å². The van der Waals surface area contributed by atoms with Crippen LogP contribution in [0.1, 0.15) is 50.7 Å². The highest BCUT2D eigenvalue weighted by atomic mass is 35.5. The van der Waals surface area contributed by atoms with Crippen LogP contribution in [0.25, 0.3) is 0 Å². The van der Waals surface area contributed by atoms with Gasteiger partial charge in [-0.2, -0.15) is 8.42 Å². The van der Waals surface area contributed by atoms with Crippen molar-refractivity contribution < 1.29 is 17.4 Å². The normalized spacial score (nSPS) is 11.4. The fourth-order valence-corrected chi connectivity index (χ4v) is 3.47. The fourth-order valence-electron chi connectivity index (χ4n) is 2.51. The number of hydrogen-bond acceptors (Lipinski definition) is 4. The smallest absolute Gasteiger partial charge is 0.305 e. The molecule has 1 atom stereocenters. The number of rotatable bonds is 4. The third-order valence-electron chi connectivity index (χ3n) is 3.87. The van der Waals surface area contributed by atoms with Crippen LogP contribution >= 0.6 is 11.6 Å². The van der Waals surface area contributed by atoms with E-state index in [9.17, 15) is 17.4 Å². The Balaban J connectivity index is 0.000000387. The molecule has 0 radical (unpaired) electrons. The molecule has 0 heterocycles. The first kappa shape index (κ1) is 25.0. The molecule has 6 nitrogen and oxygen atoms in total. The van der Waals surface area contributed by atoms with Crippen LogP contribution < -0.4 is 5.32 Å². The van der Waals surface area contributed by atoms with Crippen LogP contribution in [0, 0.1) is 0 Å². The number of halogens is 1. The quantitative estimate of drug-likeness (QED) is 0.647. The molecular weight excluding hydrogens is 432 g/mol. The molecule has 1 N–H and O–H groups in total. The number of hydrogen-bond donors (Lipinski definition) is 1. The lowest BCUT2D eigenvalue weighted by molar-refractivity contribution is 0.260. The van der Waals surface area contributed by atoms with E-state index in [0.717, 1.165) is 16.0 Å². The minimum absolute atomic E-state index is 0.124. The molecule has 29 heavy (non-hydrogen) atoms. The maximum Gasteiger partial charge on any atom is 0.360 e. The molecule has 0 spiro atoms. The van der Waals surface area contributed by atoms with Crippen molar-refractivity contribution >= 4 is 44.6 Å². The van der Waals surface area contributed by atoms with Gasteiger partial charge in [-0.1, -0.05) is 61.9 Å². The van der Waals surface area contributed by atoms with Gasteiger partial charge in [0.05, 0.1) is 0 Å². The zero-order valence-electron chi connectivity index (χ0n) is 17.0. The third kappa shape index (κ3) is 8.47. The SMILES string of the molecule is CC(C)c1cc(Cl)cc(C(C)C)c1NC(=O)N=S(=O)=O.CS(=O)c1ccccc1. The Kier molecular flexibility index (Phi) is 10.2. The summed E-state index contributed by atoms with van der Waals surface area (Å²) in [6.45, 7) is 7.87. The van der Waals surface area contributed by atoms with Crippen LogP contribution in [-0.4, -0.2) is 24.9 Å². The summed E-state index contributed by atoms with van der Waals surface area (Å²) in [5, 5.41) is 3.13. The van der Waals surface area contributed by atoms with Crippen LogP contribution in [0.5, 0.6) is 0 Å². The average molecular weight is 457 g/mol. The van der Waals surface area contributed by atoms with Gasteiger partial charge in [-0.15, -0.1) is 0 Å². The highest BCUT2D eigenvalue weighted by Gasteiger charge is 2.17. The minimum atomic E-state index is -2.77. The third-order valence-corrected chi connectivity index (χ3v) is 5.34. The Labute approximate surface area is 180 Å². The van der Waals surface area contributed by atoms with E-state index in [1.807, 2.05) is 58.0 Å². The zero-order chi connectivity index (χ0) is 22.1. The summed E-state index contributed by atoms with van der Waals surface area (Å²) in [4.78, 5) is 12.4. The maximum absolute atomic E-state index is 11.6. The second kappa shape index (κ2) is 11.8. The summed E-state index contributed by atoms with van der Waals surface area (Å²) in [7, 11) is -3.60. The van der Waals surface area contributed by atoms with Crippen LogP contribution in [0.15, 0.2) is 51.7 Å². The number of nitrogens with zero attached hydrogens (tertiary/aromatic N) is 1. The number of anilines is 1. The highest BCUT2D eigenvalue weighted by molar-refractivity contribution is 7.84. The largest absolute Gasteiger partial charge is 0.360 e. The summed E-state index contributed by atoms with van der Waals surface area (Å²) in [5.41, 5.74) is 2.28. The molecule has 2 rings (SSSR count). The summed E-state index contributed by atoms with van der Waals surface area (Å²) in [6.07, 6.45) is 1.68. The summed E-state index contributed by atoms with van der Waals surface area (Å²) in [5.74, 6) is 0.249. The second-order valence-corrected chi connectivity index (χ2v) is 9.21. The van der Waals surface area contributed by atoms with Crippen LogP contribution in [0.2, 0.25) is 5.02 Å². The number of benzene rings is 2. The lowest BCUT2D eigenvalue weighted by atomic mass is 9.92. The molecule has 0 saturated heterocycles. The molecular formula is C20H25ClN2O4S2. The predicted molar refractivity (Wildman–Crippen MR) is 119 cm³/mol. The van der Waals surface area contributed by atoms with E-state index < -0.39 is 27.3 Å². The summed E-state index contributed by atoms with van der Waals surface area (Å²) in [6, 6.07) is 12.0. The Morgan fingerprint density at radius 1 is 0.966 bits per heavy atom. The average Bonchev–Trinajstić information content (AvgIpc) is 2.63. The van der Waals surface area contributed by atoms with E-state index in [1.54, 1.807) is 18.4 Å². The van der Waals surface area contributed by atoms with Gasteiger partial charge in [0.2, 0.25) is 0 Å². The molecule has 2 aromatic rings. The first-order valence-corrected chi connectivity index (χ1v) is 11.8. The van der Waals surface area contributed by atoms with Gasteiger partial charge in [0, 0.05) is 32.7 Å². The van der Waals surface area contributed by atoms with E-state index in [4.69, 9.17) is 11.6 Å². The maximum atomic E-state index is 11.6. The number of carbonyl (C=O) groups excluding carboxylic acids is 1. The van der Waals surface area contributed by atoms with Crippen molar-refractivity contribution in [3.63, 3.8) is 0 Å². The fraction of sp³-hybridized carbons (Fsp3) is 0.350. The van der Waals surface area contributed by atoms with Gasteiger partial charge < -0.3 is 5.32 Å². The van der Waals surface area contributed by atoms with Gasteiger partial charge in [0.1, 0.15) is 0 Å².